The van der Waals surface area contributed by atoms with Gasteiger partial charge in [-0.15, -0.1) is 0 Å². The normalized spacial score (nSPS) is 11.7. The van der Waals surface area contributed by atoms with Gasteiger partial charge in [0.15, 0.2) is 11.5 Å². The zero-order valence-corrected chi connectivity index (χ0v) is 26.4. The number of ether oxygens (including phenoxy) is 7. The highest BCUT2D eigenvalue weighted by Gasteiger charge is 2.40. The van der Waals surface area contributed by atoms with Crippen molar-refractivity contribution in [3.63, 3.8) is 0 Å². The first kappa shape index (κ1) is 35.0. The highest BCUT2D eigenvalue weighted by Crippen LogP contribution is 2.39. The number of nitrogens with one attached hydrogen (secondary N) is 1. The van der Waals surface area contributed by atoms with Gasteiger partial charge in [-0.3, -0.25) is 9.69 Å². The van der Waals surface area contributed by atoms with Gasteiger partial charge < -0.3 is 38.5 Å². The van der Waals surface area contributed by atoms with Crippen LogP contribution in [0.5, 0.6) is 17.2 Å². The summed E-state index contributed by atoms with van der Waals surface area (Å²) in [7, 11) is 5.79. The Bertz CT molecular complexity index is 1440. The smallest absolute Gasteiger partial charge is 0.413 e. The lowest BCUT2D eigenvalue weighted by molar-refractivity contribution is -0.151. The van der Waals surface area contributed by atoms with E-state index in [1.807, 2.05) is 31.2 Å². The van der Waals surface area contributed by atoms with Crippen LogP contribution in [0.25, 0.3) is 0 Å². The fourth-order valence-corrected chi connectivity index (χ4v) is 4.52. The molecule has 0 fully saturated rings. The van der Waals surface area contributed by atoms with Crippen LogP contribution in [0.15, 0.2) is 72.8 Å². The maximum absolute atomic E-state index is 13.2. The van der Waals surface area contributed by atoms with E-state index >= 15 is 0 Å². The third-order valence-electron chi connectivity index (χ3n) is 7.15. The number of carbonyl (C=O) groups excluding carboxylic acids is 4. The number of rotatable bonds is 15. The van der Waals surface area contributed by atoms with Gasteiger partial charge in [0, 0.05) is 7.05 Å². The molecule has 3 aromatic carbocycles. The SMILES string of the molecule is CCC(COC(=O)c1cc(OC)c(OC)c(OC)c1)(c1ccccc1)N(C)C(=O)OCOC(=O)CNC(=O)OCc1ccccc1. The Hall–Kier alpha value is -5.46. The molecule has 0 spiro atoms. The summed E-state index contributed by atoms with van der Waals surface area (Å²) in [5.41, 5.74) is 0.431. The average Bonchev–Trinajstić information content (AvgIpc) is 3.10. The van der Waals surface area contributed by atoms with Gasteiger partial charge >= 0.3 is 24.1 Å². The molecule has 0 aliphatic heterocycles. The number of hydrogen-bond acceptors (Lipinski definition) is 11. The van der Waals surface area contributed by atoms with Gasteiger partial charge in [0.1, 0.15) is 25.3 Å². The van der Waals surface area contributed by atoms with Crippen LogP contribution in [0.3, 0.4) is 0 Å². The molecule has 0 aliphatic rings. The van der Waals surface area contributed by atoms with E-state index in [-0.39, 0.29) is 30.3 Å². The van der Waals surface area contributed by atoms with Gasteiger partial charge in [0.25, 0.3) is 0 Å². The van der Waals surface area contributed by atoms with E-state index in [0.717, 1.165) is 5.56 Å². The molecule has 0 radical (unpaired) electrons. The van der Waals surface area contributed by atoms with Gasteiger partial charge in [0.2, 0.25) is 12.5 Å². The number of hydrogen-bond donors (Lipinski definition) is 1. The molecule has 0 bridgehead atoms. The van der Waals surface area contributed by atoms with Crippen LogP contribution in [-0.4, -0.2) is 77.3 Å². The number of likely N-dealkylation sites (N-methyl/N-ethyl adjacent to an activating group) is 1. The lowest BCUT2D eigenvalue weighted by Gasteiger charge is -2.40. The van der Waals surface area contributed by atoms with E-state index in [1.165, 1.54) is 45.4 Å². The van der Waals surface area contributed by atoms with Crippen LogP contribution in [-0.2, 0) is 35.9 Å². The van der Waals surface area contributed by atoms with Crippen LogP contribution in [0.1, 0.15) is 34.8 Å². The van der Waals surface area contributed by atoms with Gasteiger partial charge in [-0.2, -0.15) is 0 Å². The van der Waals surface area contributed by atoms with E-state index in [0.29, 0.717) is 17.7 Å². The van der Waals surface area contributed by atoms with E-state index < -0.39 is 43.0 Å². The quantitative estimate of drug-likeness (QED) is 0.141. The highest BCUT2D eigenvalue weighted by atomic mass is 16.7. The Morgan fingerprint density at radius 1 is 0.783 bits per heavy atom. The lowest BCUT2D eigenvalue weighted by Crippen LogP contribution is -2.50. The fraction of sp³-hybridized carbons (Fsp3) is 0.333. The van der Waals surface area contributed by atoms with Crippen molar-refractivity contribution in [2.24, 2.45) is 0 Å². The Labute approximate surface area is 267 Å². The van der Waals surface area contributed by atoms with Crippen LogP contribution >= 0.6 is 0 Å². The van der Waals surface area contributed by atoms with Crippen LogP contribution in [0.2, 0.25) is 0 Å². The van der Waals surface area contributed by atoms with Crippen molar-refractivity contribution in [1.29, 1.82) is 0 Å². The van der Waals surface area contributed by atoms with E-state index in [1.54, 1.807) is 36.4 Å². The molecular weight excluding hydrogens is 600 g/mol. The van der Waals surface area contributed by atoms with E-state index in [9.17, 15) is 19.2 Å². The molecule has 246 valence electrons. The van der Waals surface area contributed by atoms with Crippen molar-refractivity contribution in [2.45, 2.75) is 25.5 Å². The Balaban J connectivity index is 1.62. The standard InChI is InChI=1S/C33H38N2O11/c1-6-33(25-15-11-8-12-16-25,21-44-30(37)24-17-26(40-3)29(42-5)27(18-24)41-4)35(2)32(39)46-22-45-28(36)19-34-31(38)43-20-23-13-9-7-10-14-23/h7-18H,6,19-22H2,1-5H3,(H,34,38). The van der Waals surface area contributed by atoms with Crippen molar-refractivity contribution in [3.8, 4) is 17.2 Å². The van der Waals surface area contributed by atoms with Gasteiger partial charge in [-0.05, 0) is 29.7 Å². The second-order valence-electron chi connectivity index (χ2n) is 9.76. The maximum Gasteiger partial charge on any atom is 0.413 e. The first-order valence-corrected chi connectivity index (χ1v) is 14.2. The number of nitrogens with zero attached hydrogens (tertiary/aromatic N) is 1. The summed E-state index contributed by atoms with van der Waals surface area (Å²) >= 11 is 0. The van der Waals surface area contributed by atoms with E-state index in [4.69, 9.17) is 33.2 Å². The third kappa shape index (κ3) is 9.03. The second kappa shape index (κ2) is 17.1. The second-order valence-corrected chi connectivity index (χ2v) is 9.76. The zero-order chi connectivity index (χ0) is 33.5. The zero-order valence-electron chi connectivity index (χ0n) is 26.4. The molecule has 3 rings (SSSR count). The maximum atomic E-state index is 13.2. The number of benzene rings is 3. The predicted molar refractivity (Wildman–Crippen MR) is 165 cm³/mol. The number of carbonyl (C=O) groups is 4. The van der Waals surface area contributed by atoms with Crippen molar-refractivity contribution in [2.75, 3.05) is 48.3 Å². The highest BCUT2D eigenvalue weighted by molar-refractivity contribution is 5.91. The molecule has 3 aromatic rings. The number of amides is 2. The topological polar surface area (TPSA) is 148 Å². The summed E-state index contributed by atoms with van der Waals surface area (Å²) in [5.74, 6) is -0.688. The number of alkyl carbamates (subject to hydrolysis) is 1. The Morgan fingerprint density at radius 3 is 1.96 bits per heavy atom. The molecule has 1 unspecified atom stereocenters. The molecule has 1 atom stereocenters. The van der Waals surface area contributed by atoms with Crippen LogP contribution < -0.4 is 19.5 Å². The van der Waals surface area contributed by atoms with Crippen molar-refractivity contribution >= 4 is 24.1 Å². The van der Waals surface area contributed by atoms with Gasteiger partial charge in [-0.25, -0.2) is 14.4 Å². The minimum atomic E-state index is -1.16. The average molecular weight is 639 g/mol. The molecule has 13 heteroatoms. The minimum Gasteiger partial charge on any atom is -0.493 e. The summed E-state index contributed by atoms with van der Waals surface area (Å²) in [6.07, 6.45) is -1.34. The molecule has 2 amide bonds. The number of methoxy groups -OCH3 is 3. The number of esters is 2. The van der Waals surface area contributed by atoms with Crippen molar-refractivity contribution < 1.29 is 52.3 Å². The molecule has 13 nitrogen and oxygen atoms in total. The van der Waals surface area contributed by atoms with Crippen molar-refractivity contribution in [3.05, 3.63) is 89.5 Å². The van der Waals surface area contributed by atoms with Gasteiger partial charge in [0.05, 0.1) is 26.9 Å². The monoisotopic (exact) mass is 638 g/mol. The minimum absolute atomic E-state index is 0.0318. The Kier molecular flexibility index (Phi) is 13.0. The molecular formula is C33H38N2O11. The fourth-order valence-electron chi connectivity index (χ4n) is 4.52. The summed E-state index contributed by atoms with van der Waals surface area (Å²) < 4.78 is 36.9. The molecule has 46 heavy (non-hydrogen) atoms. The summed E-state index contributed by atoms with van der Waals surface area (Å²) in [6, 6.07) is 20.9. The summed E-state index contributed by atoms with van der Waals surface area (Å²) in [4.78, 5) is 51.7. The third-order valence-corrected chi connectivity index (χ3v) is 7.15. The molecule has 0 aliphatic carbocycles. The molecule has 0 saturated heterocycles. The molecule has 1 N–H and O–H groups in total. The summed E-state index contributed by atoms with van der Waals surface area (Å²) in [5, 5.41) is 2.27. The van der Waals surface area contributed by atoms with E-state index in [2.05, 4.69) is 5.32 Å². The van der Waals surface area contributed by atoms with Crippen LogP contribution in [0, 0.1) is 0 Å². The first-order valence-electron chi connectivity index (χ1n) is 14.2. The molecule has 0 saturated carbocycles. The molecule has 0 heterocycles. The van der Waals surface area contributed by atoms with Crippen molar-refractivity contribution in [1.82, 2.24) is 10.2 Å². The predicted octanol–water partition coefficient (Wildman–Crippen LogP) is 4.67. The van der Waals surface area contributed by atoms with Crippen LogP contribution in [0.4, 0.5) is 9.59 Å². The largest absolute Gasteiger partial charge is 0.493 e. The lowest BCUT2D eigenvalue weighted by atomic mass is 9.86. The van der Waals surface area contributed by atoms with Gasteiger partial charge in [-0.1, -0.05) is 67.6 Å². The first-order chi connectivity index (χ1) is 22.2. The molecule has 0 aromatic heterocycles. The Morgan fingerprint density at radius 2 is 1.39 bits per heavy atom. The summed E-state index contributed by atoms with van der Waals surface area (Å²) in [6.45, 7) is 0.392.